The first-order valence-electron chi connectivity index (χ1n) is 9.42. The summed E-state index contributed by atoms with van der Waals surface area (Å²) in [6.07, 6.45) is 3.56. The van der Waals surface area contributed by atoms with Crippen LogP contribution in [0, 0.1) is 5.92 Å². The molecule has 1 aromatic rings. The zero-order chi connectivity index (χ0) is 18.4. The van der Waals surface area contributed by atoms with Gasteiger partial charge in [-0.2, -0.15) is 8.78 Å². The Morgan fingerprint density at radius 3 is 2.92 bits per heavy atom. The van der Waals surface area contributed by atoms with Gasteiger partial charge in [-0.3, -0.25) is 0 Å². The van der Waals surface area contributed by atoms with Crippen LogP contribution in [-0.4, -0.2) is 45.1 Å². The molecule has 2 fully saturated rings. The minimum Gasteiger partial charge on any atom is -0.490 e. The number of rotatable bonds is 8. The van der Waals surface area contributed by atoms with Gasteiger partial charge in [0.2, 0.25) is 0 Å². The highest BCUT2D eigenvalue weighted by Crippen LogP contribution is 2.32. The van der Waals surface area contributed by atoms with Gasteiger partial charge in [-0.15, -0.1) is 0 Å². The van der Waals surface area contributed by atoms with E-state index in [0.29, 0.717) is 36.9 Å². The largest absolute Gasteiger partial charge is 0.490 e. The first kappa shape index (κ1) is 19.3. The fourth-order valence-corrected chi connectivity index (χ4v) is 3.96. The van der Waals surface area contributed by atoms with Crippen molar-refractivity contribution in [2.45, 2.75) is 51.4 Å². The molecule has 1 aliphatic carbocycles. The van der Waals surface area contributed by atoms with Crippen molar-refractivity contribution in [3.8, 4) is 11.5 Å². The second kappa shape index (κ2) is 9.48. The predicted molar refractivity (Wildman–Crippen MR) is 94.8 cm³/mol. The highest BCUT2D eigenvalue weighted by Gasteiger charge is 2.34. The van der Waals surface area contributed by atoms with Crippen LogP contribution in [0.25, 0.3) is 0 Å². The van der Waals surface area contributed by atoms with E-state index >= 15 is 0 Å². The summed E-state index contributed by atoms with van der Waals surface area (Å²) < 4.78 is 40.6. The van der Waals surface area contributed by atoms with Gasteiger partial charge in [0, 0.05) is 25.2 Å². The number of hydrogen-bond donors (Lipinski definition) is 2. The molecule has 7 heteroatoms. The highest BCUT2D eigenvalue weighted by atomic mass is 19.3. The summed E-state index contributed by atoms with van der Waals surface area (Å²) >= 11 is 0. The number of halogens is 2. The van der Waals surface area contributed by atoms with Gasteiger partial charge in [0.15, 0.2) is 11.5 Å². The molecular weight excluding hydrogens is 342 g/mol. The fourth-order valence-electron chi connectivity index (χ4n) is 3.96. The van der Waals surface area contributed by atoms with Crippen LogP contribution in [0.3, 0.4) is 0 Å². The molecule has 1 heterocycles. The van der Waals surface area contributed by atoms with Crippen molar-refractivity contribution in [2.75, 3.05) is 26.4 Å². The molecule has 3 atom stereocenters. The zero-order valence-corrected chi connectivity index (χ0v) is 15.2. The number of alkyl halides is 2. The monoisotopic (exact) mass is 370 g/mol. The minimum absolute atomic E-state index is 0.0768. The molecule has 0 radical (unpaired) electrons. The van der Waals surface area contributed by atoms with Gasteiger partial charge in [-0.1, -0.05) is 12.5 Å². The van der Waals surface area contributed by atoms with E-state index in [-0.39, 0.29) is 5.75 Å². The molecule has 2 N–H and O–H groups in total. The zero-order valence-electron chi connectivity index (χ0n) is 15.2. The van der Waals surface area contributed by atoms with Gasteiger partial charge < -0.3 is 24.8 Å². The van der Waals surface area contributed by atoms with Crippen molar-refractivity contribution >= 4 is 0 Å². The van der Waals surface area contributed by atoms with Crippen molar-refractivity contribution in [2.24, 2.45) is 5.92 Å². The summed E-state index contributed by atoms with van der Waals surface area (Å²) in [5.74, 6) is 0.994. The van der Waals surface area contributed by atoms with E-state index < -0.39 is 6.61 Å². The van der Waals surface area contributed by atoms with Crippen molar-refractivity contribution in [1.29, 1.82) is 0 Å². The van der Waals surface area contributed by atoms with E-state index in [0.717, 1.165) is 31.7 Å². The van der Waals surface area contributed by atoms with Crippen LogP contribution >= 0.6 is 0 Å². The average molecular weight is 370 g/mol. The third kappa shape index (κ3) is 5.05. The Hall–Kier alpha value is -1.44. The van der Waals surface area contributed by atoms with E-state index in [1.54, 1.807) is 18.2 Å². The molecule has 1 aliphatic heterocycles. The molecule has 2 aliphatic rings. The maximum absolute atomic E-state index is 12.5. The molecule has 1 saturated carbocycles. The summed E-state index contributed by atoms with van der Waals surface area (Å²) in [4.78, 5) is 0. The van der Waals surface area contributed by atoms with Gasteiger partial charge in [-0.05, 0) is 43.4 Å². The average Bonchev–Trinajstić information content (AvgIpc) is 3.11. The first-order valence-corrected chi connectivity index (χ1v) is 9.42. The van der Waals surface area contributed by atoms with Gasteiger partial charge in [0.25, 0.3) is 0 Å². The summed E-state index contributed by atoms with van der Waals surface area (Å²) in [5.41, 5.74) is 0.994. The number of ether oxygens (including phenoxy) is 3. The lowest BCUT2D eigenvalue weighted by molar-refractivity contribution is -0.0514. The van der Waals surface area contributed by atoms with Crippen LogP contribution in [0.5, 0.6) is 11.5 Å². The van der Waals surface area contributed by atoms with E-state index in [4.69, 9.17) is 9.47 Å². The lowest BCUT2D eigenvalue weighted by Gasteiger charge is -2.33. The van der Waals surface area contributed by atoms with E-state index in [9.17, 15) is 8.78 Å². The van der Waals surface area contributed by atoms with E-state index in [2.05, 4.69) is 15.4 Å². The second-order valence-electron chi connectivity index (χ2n) is 6.81. The molecule has 5 nitrogen and oxygen atoms in total. The molecule has 3 unspecified atom stereocenters. The Bertz CT molecular complexity index is 568. The maximum Gasteiger partial charge on any atom is 0.387 e. The summed E-state index contributed by atoms with van der Waals surface area (Å²) in [6, 6.07) is 5.97. The molecule has 26 heavy (non-hydrogen) atoms. The smallest absolute Gasteiger partial charge is 0.387 e. The van der Waals surface area contributed by atoms with Crippen molar-refractivity contribution in [3.63, 3.8) is 0 Å². The summed E-state index contributed by atoms with van der Waals surface area (Å²) in [5, 5.41) is 7.20. The van der Waals surface area contributed by atoms with Crippen LogP contribution < -0.4 is 20.1 Å². The highest BCUT2D eigenvalue weighted by molar-refractivity contribution is 5.43. The number of hydrogen-bond acceptors (Lipinski definition) is 5. The van der Waals surface area contributed by atoms with Crippen LogP contribution in [0.2, 0.25) is 0 Å². The Balaban J connectivity index is 1.60. The Morgan fingerprint density at radius 2 is 2.19 bits per heavy atom. The predicted octanol–water partition coefficient (Wildman–Crippen LogP) is 2.93. The number of benzene rings is 1. The van der Waals surface area contributed by atoms with Gasteiger partial charge >= 0.3 is 6.61 Å². The van der Waals surface area contributed by atoms with Crippen molar-refractivity contribution in [3.05, 3.63) is 23.8 Å². The molecule has 0 aromatic heterocycles. The number of morpholine rings is 1. The minimum atomic E-state index is -2.86. The fraction of sp³-hybridized carbons (Fsp3) is 0.684. The SMILES string of the molecule is CCOc1cc(CNC2CCCC2C2COCCN2)ccc1OC(F)F. The molecule has 1 aromatic carbocycles. The Morgan fingerprint density at radius 1 is 1.31 bits per heavy atom. The van der Waals surface area contributed by atoms with Crippen molar-refractivity contribution < 1.29 is 23.0 Å². The topological polar surface area (TPSA) is 51.8 Å². The van der Waals surface area contributed by atoms with Crippen LogP contribution in [0.15, 0.2) is 18.2 Å². The number of nitrogens with one attached hydrogen (secondary N) is 2. The third-order valence-corrected chi connectivity index (χ3v) is 5.13. The molecule has 0 amide bonds. The first-order chi connectivity index (χ1) is 12.7. The second-order valence-corrected chi connectivity index (χ2v) is 6.81. The molecule has 1 saturated heterocycles. The third-order valence-electron chi connectivity index (χ3n) is 5.13. The molecule has 0 spiro atoms. The van der Waals surface area contributed by atoms with Crippen LogP contribution in [0.4, 0.5) is 8.78 Å². The Labute approximate surface area is 153 Å². The van der Waals surface area contributed by atoms with Crippen LogP contribution in [-0.2, 0) is 11.3 Å². The quantitative estimate of drug-likeness (QED) is 0.737. The van der Waals surface area contributed by atoms with Gasteiger partial charge in [0.05, 0.1) is 19.8 Å². The molecule has 0 bridgehead atoms. The molecule has 146 valence electrons. The molecule has 3 rings (SSSR count). The summed E-state index contributed by atoms with van der Waals surface area (Å²) in [6.45, 7) is 2.50. The van der Waals surface area contributed by atoms with Gasteiger partial charge in [-0.25, -0.2) is 0 Å². The Kier molecular flexibility index (Phi) is 7.05. The maximum atomic E-state index is 12.5. The standard InChI is InChI=1S/C19H28F2N2O3/c1-2-25-18-10-13(6-7-17(18)26-19(20)21)11-23-15-5-3-4-14(15)16-12-24-9-8-22-16/h6-7,10,14-16,19,22-23H,2-5,8-9,11-12H2,1H3. The van der Waals surface area contributed by atoms with E-state index in [1.165, 1.54) is 12.8 Å². The van der Waals surface area contributed by atoms with Gasteiger partial charge in [0.1, 0.15) is 0 Å². The van der Waals surface area contributed by atoms with E-state index in [1.807, 2.05) is 6.92 Å². The van der Waals surface area contributed by atoms with Crippen LogP contribution in [0.1, 0.15) is 31.7 Å². The lowest BCUT2D eigenvalue weighted by Crippen LogP contribution is -2.50. The normalized spacial score (nSPS) is 26.2. The lowest BCUT2D eigenvalue weighted by atomic mass is 9.94. The summed E-state index contributed by atoms with van der Waals surface area (Å²) in [7, 11) is 0. The molecular formula is C19H28F2N2O3. The van der Waals surface area contributed by atoms with Crippen molar-refractivity contribution in [1.82, 2.24) is 10.6 Å².